The van der Waals surface area contributed by atoms with Crippen molar-refractivity contribution in [3.8, 4) is 0 Å². The van der Waals surface area contributed by atoms with Gasteiger partial charge in [0.15, 0.2) is 0 Å². The molecule has 0 saturated carbocycles. The van der Waals surface area contributed by atoms with Crippen LogP contribution in [0.3, 0.4) is 0 Å². The van der Waals surface area contributed by atoms with E-state index in [1.165, 1.54) is 0 Å². The fourth-order valence-corrected chi connectivity index (χ4v) is 3.10. The molecule has 0 spiro atoms. The molecule has 1 amide bonds. The molecule has 2 aromatic heterocycles. The van der Waals surface area contributed by atoms with E-state index < -0.39 is 0 Å². The van der Waals surface area contributed by atoms with Crippen LogP contribution in [0, 0.1) is 13.8 Å². The highest BCUT2D eigenvalue weighted by molar-refractivity contribution is 5.76. The number of pyridine rings is 1. The lowest BCUT2D eigenvalue weighted by Gasteiger charge is -2.33. The molecule has 0 aliphatic carbocycles. The molecular weight excluding hydrogens is 304 g/mol. The van der Waals surface area contributed by atoms with Crippen LogP contribution in [-0.2, 0) is 16.1 Å². The van der Waals surface area contributed by atoms with Crippen LogP contribution in [0.15, 0.2) is 30.6 Å². The van der Waals surface area contributed by atoms with Gasteiger partial charge in [-0.3, -0.25) is 14.5 Å². The molecule has 1 aliphatic rings. The molecule has 3 heterocycles. The maximum absolute atomic E-state index is 12.5. The zero-order chi connectivity index (χ0) is 16.9. The highest BCUT2D eigenvalue weighted by Crippen LogP contribution is 2.22. The number of carbonyl (C=O) groups excluding carboxylic acids is 1. The van der Waals surface area contributed by atoms with Crippen molar-refractivity contribution in [3.63, 3.8) is 0 Å². The maximum Gasteiger partial charge on any atom is 0.222 e. The van der Waals surface area contributed by atoms with E-state index in [-0.39, 0.29) is 12.0 Å². The van der Waals surface area contributed by atoms with Gasteiger partial charge in [-0.15, -0.1) is 0 Å². The third kappa shape index (κ3) is 4.00. The summed E-state index contributed by atoms with van der Waals surface area (Å²) in [5.41, 5.74) is 3.24. The average Bonchev–Trinajstić information content (AvgIpc) is 2.93. The molecule has 6 heteroatoms. The molecule has 0 N–H and O–H groups in total. The van der Waals surface area contributed by atoms with Gasteiger partial charge in [0, 0.05) is 37.6 Å². The molecule has 6 nitrogen and oxygen atoms in total. The van der Waals surface area contributed by atoms with Gasteiger partial charge in [-0.1, -0.05) is 0 Å². The van der Waals surface area contributed by atoms with E-state index >= 15 is 0 Å². The van der Waals surface area contributed by atoms with E-state index in [1.807, 2.05) is 35.6 Å². The van der Waals surface area contributed by atoms with E-state index in [1.54, 1.807) is 12.4 Å². The Kier molecular flexibility index (Phi) is 5.25. The van der Waals surface area contributed by atoms with Crippen LogP contribution < -0.4 is 0 Å². The van der Waals surface area contributed by atoms with Crippen LogP contribution in [0.4, 0.5) is 0 Å². The molecule has 2 aromatic rings. The van der Waals surface area contributed by atoms with Gasteiger partial charge in [0.05, 0.1) is 18.8 Å². The minimum Gasteiger partial charge on any atom is -0.370 e. The lowest BCUT2D eigenvalue weighted by molar-refractivity contribution is -0.139. The van der Waals surface area contributed by atoms with Crippen LogP contribution >= 0.6 is 0 Å². The molecule has 0 bridgehead atoms. The van der Waals surface area contributed by atoms with Crippen molar-refractivity contribution in [2.75, 3.05) is 19.7 Å². The number of aryl methyl sites for hydroxylation is 3. The fraction of sp³-hybridized carbons (Fsp3) is 0.500. The molecule has 24 heavy (non-hydrogen) atoms. The van der Waals surface area contributed by atoms with Gasteiger partial charge in [0.25, 0.3) is 0 Å². The number of nitrogens with zero attached hydrogens (tertiary/aromatic N) is 4. The summed E-state index contributed by atoms with van der Waals surface area (Å²) >= 11 is 0. The molecule has 0 radical (unpaired) electrons. The predicted molar refractivity (Wildman–Crippen MR) is 90.4 cm³/mol. The number of morpholine rings is 1. The number of hydrogen-bond acceptors (Lipinski definition) is 4. The number of amides is 1. The van der Waals surface area contributed by atoms with Gasteiger partial charge in [0.2, 0.25) is 5.91 Å². The monoisotopic (exact) mass is 328 g/mol. The van der Waals surface area contributed by atoms with E-state index in [9.17, 15) is 4.79 Å². The topological polar surface area (TPSA) is 60.2 Å². The summed E-state index contributed by atoms with van der Waals surface area (Å²) in [6, 6.07) is 5.95. The number of aromatic nitrogens is 3. The van der Waals surface area contributed by atoms with Gasteiger partial charge >= 0.3 is 0 Å². The van der Waals surface area contributed by atoms with Crippen LogP contribution in [0.1, 0.15) is 35.9 Å². The molecule has 128 valence electrons. The summed E-state index contributed by atoms with van der Waals surface area (Å²) in [5.74, 6) is 0.193. The Labute approximate surface area is 142 Å². The maximum atomic E-state index is 12.5. The van der Waals surface area contributed by atoms with Gasteiger partial charge in [-0.2, -0.15) is 5.10 Å². The van der Waals surface area contributed by atoms with E-state index in [2.05, 4.69) is 16.1 Å². The van der Waals surface area contributed by atoms with Crippen molar-refractivity contribution >= 4 is 5.91 Å². The Morgan fingerprint density at radius 1 is 1.33 bits per heavy atom. The number of ether oxygens (including phenoxy) is 1. The first-order chi connectivity index (χ1) is 11.6. The number of hydrogen-bond donors (Lipinski definition) is 0. The van der Waals surface area contributed by atoms with E-state index in [0.717, 1.165) is 29.9 Å². The van der Waals surface area contributed by atoms with Crippen LogP contribution in [0.2, 0.25) is 0 Å². The highest BCUT2D eigenvalue weighted by Gasteiger charge is 2.25. The van der Waals surface area contributed by atoms with Crippen molar-refractivity contribution in [2.24, 2.45) is 0 Å². The number of carbonyl (C=O) groups is 1. The second kappa shape index (κ2) is 7.57. The highest BCUT2D eigenvalue weighted by atomic mass is 16.5. The molecule has 0 aromatic carbocycles. The standard InChI is InChI=1S/C18H24N4O2/c1-14-12-15(2)22(20-14)9-3-4-18(23)21-10-11-24-17(13-21)16-5-7-19-8-6-16/h5-8,12,17H,3-4,9-11,13H2,1-2H3. The van der Waals surface area contributed by atoms with Crippen molar-refractivity contribution in [3.05, 3.63) is 47.5 Å². The van der Waals surface area contributed by atoms with E-state index in [4.69, 9.17) is 4.74 Å². The lowest BCUT2D eigenvalue weighted by atomic mass is 10.1. The normalized spacial score (nSPS) is 17.9. The second-order valence-corrected chi connectivity index (χ2v) is 6.23. The first kappa shape index (κ1) is 16.6. The summed E-state index contributed by atoms with van der Waals surface area (Å²) < 4.78 is 7.77. The summed E-state index contributed by atoms with van der Waals surface area (Å²) in [5, 5.41) is 4.44. The lowest BCUT2D eigenvalue weighted by Crippen LogP contribution is -2.42. The average molecular weight is 328 g/mol. The van der Waals surface area contributed by atoms with Crippen molar-refractivity contribution in [1.29, 1.82) is 0 Å². The Balaban J connectivity index is 1.50. The predicted octanol–water partition coefficient (Wildman–Crippen LogP) is 2.28. The van der Waals surface area contributed by atoms with Gasteiger partial charge in [-0.25, -0.2) is 0 Å². The Morgan fingerprint density at radius 2 is 2.12 bits per heavy atom. The molecule has 1 saturated heterocycles. The van der Waals surface area contributed by atoms with Gasteiger partial charge in [-0.05, 0) is 44.0 Å². The largest absolute Gasteiger partial charge is 0.370 e. The molecule has 1 atom stereocenters. The zero-order valence-electron chi connectivity index (χ0n) is 14.3. The SMILES string of the molecule is Cc1cc(C)n(CCCC(=O)N2CCOC(c3ccncc3)C2)n1. The van der Waals surface area contributed by atoms with Crippen molar-refractivity contribution in [2.45, 2.75) is 39.3 Å². The summed E-state index contributed by atoms with van der Waals surface area (Å²) in [6.07, 6.45) is 4.81. The molecule has 1 aliphatic heterocycles. The second-order valence-electron chi connectivity index (χ2n) is 6.23. The molecular formula is C18H24N4O2. The van der Waals surface area contributed by atoms with E-state index in [0.29, 0.717) is 26.1 Å². The third-order valence-electron chi connectivity index (χ3n) is 4.36. The van der Waals surface area contributed by atoms with Crippen LogP contribution in [0.5, 0.6) is 0 Å². The first-order valence-electron chi connectivity index (χ1n) is 8.44. The smallest absolute Gasteiger partial charge is 0.222 e. The third-order valence-corrected chi connectivity index (χ3v) is 4.36. The van der Waals surface area contributed by atoms with Gasteiger partial charge < -0.3 is 9.64 Å². The van der Waals surface area contributed by atoms with Crippen LogP contribution in [-0.4, -0.2) is 45.3 Å². The Hall–Kier alpha value is -2.21. The first-order valence-corrected chi connectivity index (χ1v) is 8.44. The quantitative estimate of drug-likeness (QED) is 0.845. The molecule has 1 unspecified atom stereocenters. The summed E-state index contributed by atoms with van der Waals surface area (Å²) in [4.78, 5) is 18.4. The molecule has 3 rings (SSSR count). The Bertz CT molecular complexity index is 684. The van der Waals surface area contributed by atoms with Gasteiger partial charge in [0.1, 0.15) is 6.10 Å². The summed E-state index contributed by atoms with van der Waals surface area (Å²) in [7, 11) is 0. The number of rotatable bonds is 5. The fourth-order valence-electron chi connectivity index (χ4n) is 3.10. The van der Waals surface area contributed by atoms with Crippen molar-refractivity contribution < 1.29 is 9.53 Å². The minimum absolute atomic E-state index is 0.0540. The van der Waals surface area contributed by atoms with Crippen molar-refractivity contribution in [1.82, 2.24) is 19.7 Å². The zero-order valence-corrected chi connectivity index (χ0v) is 14.3. The minimum atomic E-state index is -0.0540. The van der Waals surface area contributed by atoms with Crippen LogP contribution in [0.25, 0.3) is 0 Å². The Morgan fingerprint density at radius 3 is 2.83 bits per heavy atom. The molecule has 1 fully saturated rings. The summed E-state index contributed by atoms with van der Waals surface area (Å²) in [6.45, 7) is 6.67.